The van der Waals surface area contributed by atoms with E-state index in [-0.39, 0.29) is 24.9 Å². The number of hydrogen-bond acceptors (Lipinski definition) is 6. The van der Waals surface area contributed by atoms with Gasteiger partial charge in [-0.2, -0.15) is 0 Å². The number of hydrogen-bond donors (Lipinski definition) is 2. The standard InChI is InChI=1S/C33H36N4O6S2/c1-44(40,41)36(24-26-10-5-3-6-11-26)30-18-14-28(15-19-30)32(38)34-22-9-23-35-33(39)29-16-20-31(21-17-29)37(45(2,42)43)25-27-12-7-4-8-13-27/h3-8,10-21H,9,22-25H2,1-2H3,(H,34,38)(H,35,39). The SMILES string of the molecule is CS(=O)(=O)N(Cc1ccccc1)c1ccc(C(=O)NCCCNC(=O)c2ccc(N(Cc3ccccc3)S(C)(=O)=O)cc2)cc1. The first-order chi connectivity index (χ1) is 21.4. The average molecular weight is 649 g/mol. The lowest BCUT2D eigenvalue weighted by Gasteiger charge is -2.22. The van der Waals surface area contributed by atoms with E-state index in [1.807, 2.05) is 60.7 Å². The van der Waals surface area contributed by atoms with E-state index in [9.17, 15) is 26.4 Å². The summed E-state index contributed by atoms with van der Waals surface area (Å²) in [5.74, 6) is -0.633. The Bertz CT molecular complexity index is 1660. The number of sulfonamides is 2. The molecule has 4 aromatic carbocycles. The van der Waals surface area contributed by atoms with Crippen molar-refractivity contribution in [2.24, 2.45) is 0 Å². The van der Waals surface area contributed by atoms with E-state index < -0.39 is 20.0 Å². The third-order valence-electron chi connectivity index (χ3n) is 6.90. The van der Waals surface area contributed by atoms with Crippen LogP contribution in [-0.2, 0) is 33.1 Å². The maximum Gasteiger partial charge on any atom is 0.251 e. The largest absolute Gasteiger partial charge is 0.352 e. The summed E-state index contributed by atoms with van der Waals surface area (Å²) in [6.07, 6.45) is 2.76. The third-order valence-corrected chi connectivity index (χ3v) is 9.18. The van der Waals surface area contributed by atoms with Gasteiger partial charge in [-0.15, -0.1) is 0 Å². The Morgan fingerprint density at radius 3 is 1.18 bits per heavy atom. The summed E-state index contributed by atoms with van der Waals surface area (Å²) >= 11 is 0. The number of anilines is 2. The zero-order valence-electron chi connectivity index (χ0n) is 25.1. The summed E-state index contributed by atoms with van der Waals surface area (Å²) in [6.45, 7) is 0.973. The van der Waals surface area contributed by atoms with E-state index >= 15 is 0 Å². The Labute approximate surface area is 264 Å². The van der Waals surface area contributed by atoms with Gasteiger partial charge in [-0.25, -0.2) is 16.8 Å². The lowest BCUT2D eigenvalue weighted by Crippen LogP contribution is -2.31. The van der Waals surface area contributed by atoms with E-state index in [0.29, 0.717) is 42.0 Å². The quantitative estimate of drug-likeness (QED) is 0.197. The normalized spacial score (nSPS) is 11.4. The zero-order chi connectivity index (χ0) is 32.5. The summed E-state index contributed by atoms with van der Waals surface area (Å²) in [5, 5.41) is 5.60. The maximum atomic E-state index is 12.6. The molecule has 0 radical (unpaired) electrons. The Morgan fingerprint density at radius 1 is 0.533 bits per heavy atom. The highest BCUT2D eigenvalue weighted by Gasteiger charge is 2.20. The first-order valence-electron chi connectivity index (χ1n) is 14.2. The molecule has 0 aliphatic rings. The Hall–Kier alpha value is -4.68. The van der Waals surface area contributed by atoms with Gasteiger partial charge in [-0.05, 0) is 66.1 Å². The van der Waals surface area contributed by atoms with Crippen molar-refractivity contribution in [3.63, 3.8) is 0 Å². The molecule has 0 heterocycles. The number of nitrogens with zero attached hydrogens (tertiary/aromatic N) is 2. The highest BCUT2D eigenvalue weighted by molar-refractivity contribution is 7.92. The molecule has 0 saturated carbocycles. The van der Waals surface area contributed by atoms with Crippen LogP contribution >= 0.6 is 0 Å². The molecule has 0 aliphatic heterocycles. The fourth-order valence-electron chi connectivity index (χ4n) is 4.55. The van der Waals surface area contributed by atoms with E-state index in [4.69, 9.17) is 0 Å². The molecular formula is C33H36N4O6S2. The molecule has 0 aromatic heterocycles. The summed E-state index contributed by atoms with van der Waals surface area (Å²) in [6, 6.07) is 31.2. The van der Waals surface area contributed by atoms with E-state index in [1.165, 1.54) is 8.61 Å². The van der Waals surface area contributed by atoms with Crippen LogP contribution in [0.15, 0.2) is 109 Å². The maximum absolute atomic E-state index is 12.6. The summed E-state index contributed by atoms with van der Waals surface area (Å²) in [5.41, 5.74) is 3.35. The van der Waals surface area contributed by atoms with Crippen LogP contribution in [0, 0.1) is 0 Å². The van der Waals surface area contributed by atoms with Crippen molar-refractivity contribution >= 4 is 43.2 Å². The van der Waals surface area contributed by atoms with Gasteiger partial charge in [-0.3, -0.25) is 18.2 Å². The first-order valence-corrected chi connectivity index (χ1v) is 17.9. The number of rotatable bonds is 14. The highest BCUT2D eigenvalue weighted by atomic mass is 32.2. The second-order valence-electron chi connectivity index (χ2n) is 10.5. The third kappa shape index (κ3) is 9.65. The average Bonchev–Trinajstić information content (AvgIpc) is 3.02. The van der Waals surface area contributed by atoms with Gasteiger partial charge >= 0.3 is 0 Å². The van der Waals surface area contributed by atoms with Crippen LogP contribution in [0.4, 0.5) is 11.4 Å². The Morgan fingerprint density at radius 2 is 0.867 bits per heavy atom. The minimum absolute atomic E-state index is 0.175. The molecule has 0 aliphatic carbocycles. The van der Waals surface area contributed by atoms with Gasteiger partial charge in [0.2, 0.25) is 20.0 Å². The molecule has 12 heteroatoms. The summed E-state index contributed by atoms with van der Waals surface area (Å²) < 4.78 is 52.3. The molecule has 236 valence electrons. The molecule has 0 unspecified atom stereocenters. The zero-order valence-corrected chi connectivity index (χ0v) is 26.7. The minimum Gasteiger partial charge on any atom is -0.352 e. The monoisotopic (exact) mass is 648 g/mol. The lowest BCUT2D eigenvalue weighted by molar-refractivity contribution is 0.0951. The molecule has 2 N–H and O–H groups in total. The molecule has 0 saturated heterocycles. The van der Waals surface area contributed by atoms with Crippen molar-refractivity contribution in [1.82, 2.24) is 10.6 Å². The molecule has 0 fully saturated rings. The lowest BCUT2D eigenvalue weighted by atomic mass is 10.1. The molecule has 0 spiro atoms. The fourth-order valence-corrected chi connectivity index (χ4v) is 6.33. The van der Waals surface area contributed by atoms with Crippen molar-refractivity contribution < 1.29 is 26.4 Å². The molecular weight excluding hydrogens is 613 g/mol. The van der Waals surface area contributed by atoms with Crippen LogP contribution in [-0.4, -0.2) is 54.3 Å². The minimum atomic E-state index is -3.55. The van der Waals surface area contributed by atoms with Gasteiger partial charge in [0.15, 0.2) is 0 Å². The van der Waals surface area contributed by atoms with E-state index in [2.05, 4.69) is 10.6 Å². The molecule has 0 bridgehead atoms. The van der Waals surface area contributed by atoms with Crippen LogP contribution in [0.3, 0.4) is 0 Å². The smallest absolute Gasteiger partial charge is 0.251 e. The van der Waals surface area contributed by atoms with Crippen molar-refractivity contribution in [2.45, 2.75) is 19.5 Å². The van der Waals surface area contributed by atoms with Gasteiger partial charge < -0.3 is 10.6 Å². The number of carbonyl (C=O) groups excluding carboxylic acids is 2. The number of carbonyl (C=O) groups is 2. The van der Waals surface area contributed by atoms with Crippen LogP contribution < -0.4 is 19.2 Å². The molecule has 45 heavy (non-hydrogen) atoms. The second-order valence-corrected chi connectivity index (χ2v) is 14.3. The topological polar surface area (TPSA) is 133 Å². The van der Waals surface area contributed by atoms with Crippen LogP contribution in [0.2, 0.25) is 0 Å². The predicted octanol–water partition coefficient (Wildman–Crippen LogP) is 4.17. The predicted molar refractivity (Wildman–Crippen MR) is 177 cm³/mol. The summed E-state index contributed by atoms with van der Waals surface area (Å²) in [7, 11) is -7.10. The van der Waals surface area contributed by atoms with Gasteiger partial charge in [0, 0.05) is 24.2 Å². The highest BCUT2D eigenvalue weighted by Crippen LogP contribution is 2.22. The van der Waals surface area contributed by atoms with E-state index in [0.717, 1.165) is 23.6 Å². The molecule has 2 amide bonds. The Balaban J connectivity index is 1.25. The van der Waals surface area contributed by atoms with Crippen LogP contribution in [0.1, 0.15) is 38.3 Å². The Kier molecular flexibility index (Phi) is 11.0. The van der Waals surface area contributed by atoms with E-state index in [1.54, 1.807) is 48.5 Å². The van der Waals surface area contributed by atoms with Crippen molar-refractivity contribution in [2.75, 3.05) is 34.2 Å². The molecule has 4 rings (SSSR count). The number of amides is 2. The second kappa shape index (κ2) is 14.9. The van der Waals surface area contributed by atoms with Crippen LogP contribution in [0.5, 0.6) is 0 Å². The molecule has 0 atom stereocenters. The number of benzene rings is 4. The fraction of sp³-hybridized carbons (Fsp3) is 0.212. The van der Waals surface area contributed by atoms with Gasteiger partial charge in [0.05, 0.1) is 37.0 Å². The molecule has 10 nitrogen and oxygen atoms in total. The van der Waals surface area contributed by atoms with Crippen molar-refractivity contribution in [3.8, 4) is 0 Å². The van der Waals surface area contributed by atoms with Gasteiger partial charge in [-0.1, -0.05) is 60.7 Å². The first kappa shape index (κ1) is 33.2. The molecule has 4 aromatic rings. The van der Waals surface area contributed by atoms with Gasteiger partial charge in [0.1, 0.15) is 0 Å². The number of nitrogens with one attached hydrogen (secondary N) is 2. The van der Waals surface area contributed by atoms with Crippen molar-refractivity contribution in [1.29, 1.82) is 0 Å². The summed E-state index contributed by atoms with van der Waals surface area (Å²) in [4.78, 5) is 25.3. The van der Waals surface area contributed by atoms with Gasteiger partial charge in [0.25, 0.3) is 11.8 Å². The van der Waals surface area contributed by atoms with Crippen LogP contribution in [0.25, 0.3) is 0 Å². The van der Waals surface area contributed by atoms with Crippen molar-refractivity contribution in [3.05, 3.63) is 131 Å².